The zero-order chi connectivity index (χ0) is 16.6. The summed E-state index contributed by atoms with van der Waals surface area (Å²) in [6.07, 6.45) is 3.24. The van der Waals surface area contributed by atoms with Gasteiger partial charge < -0.3 is 9.88 Å². The van der Waals surface area contributed by atoms with E-state index in [0.29, 0.717) is 12.1 Å². The van der Waals surface area contributed by atoms with Gasteiger partial charge in [-0.05, 0) is 13.8 Å². The molecule has 0 saturated heterocycles. The van der Waals surface area contributed by atoms with Gasteiger partial charge in [0.1, 0.15) is 12.2 Å². The summed E-state index contributed by atoms with van der Waals surface area (Å²) in [6, 6.07) is 1.88. The molecule has 120 valence electrons. The number of carbonyl (C=O) groups excluding carboxylic acids is 1. The Morgan fingerprint density at radius 2 is 2.17 bits per heavy atom. The van der Waals surface area contributed by atoms with Crippen molar-refractivity contribution >= 4 is 11.6 Å². The lowest BCUT2D eigenvalue weighted by Gasteiger charge is -2.13. The van der Waals surface area contributed by atoms with Gasteiger partial charge in [-0.1, -0.05) is 6.92 Å². The predicted octanol–water partition coefficient (Wildman–Crippen LogP) is 1.01. The van der Waals surface area contributed by atoms with Crippen molar-refractivity contribution in [2.24, 2.45) is 7.05 Å². The number of aromatic nitrogens is 6. The Labute approximate surface area is 133 Å². The molecule has 0 aromatic carbocycles. The highest BCUT2D eigenvalue weighted by molar-refractivity contribution is 5.95. The Bertz CT molecular complexity index is 864. The number of carbonyl (C=O) groups is 1. The first-order valence-electron chi connectivity index (χ1n) is 7.41. The lowest BCUT2D eigenvalue weighted by Crippen LogP contribution is -2.29. The van der Waals surface area contributed by atoms with Crippen molar-refractivity contribution < 1.29 is 4.79 Å². The Kier molecular flexibility index (Phi) is 3.81. The number of hydrogen-bond donors (Lipinski definition) is 1. The second-order valence-corrected chi connectivity index (χ2v) is 5.72. The maximum absolute atomic E-state index is 12.4. The molecule has 0 aliphatic heterocycles. The molecule has 1 unspecified atom stereocenters. The first-order valence-corrected chi connectivity index (χ1v) is 7.41. The smallest absolute Gasteiger partial charge is 0.254 e. The van der Waals surface area contributed by atoms with Gasteiger partial charge in [0, 0.05) is 31.8 Å². The molecule has 1 N–H and O–H groups in total. The van der Waals surface area contributed by atoms with E-state index in [0.717, 1.165) is 22.9 Å². The van der Waals surface area contributed by atoms with E-state index in [1.807, 2.05) is 38.5 Å². The fraction of sp³-hybridized carbons (Fsp3) is 0.400. The fourth-order valence-electron chi connectivity index (χ4n) is 2.56. The number of fused-ring (bicyclic) bond motifs is 1. The molecule has 0 aliphatic rings. The minimum absolute atomic E-state index is 0.0652. The third-order valence-electron chi connectivity index (χ3n) is 3.85. The summed E-state index contributed by atoms with van der Waals surface area (Å²) < 4.78 is 3.54. The van der Waals surface area contributed by atoms with Crippen LogP contribution >= 0.6 is 0 Å². The van der Waals surface area contributed by atoms with Gasteiger partial charge in [-0.25, -0.2) is 9.50 Å². The molecular formula is C15H19N7O. The van der Waals surface area contributed by atoms with Gasteiger partial charge in [-0.2, -0.15) is 5.10 Å². The highest BCUT2D eigenvalue weighted by Crippen LogP contribution is 2.13. The summed E-state index contributed by atoms with van der Waals surface area (Å²) in [7, 11) is 1.88. The predicted molar refractivity (Wildman–Crippen MR) is 84.2 cm³/mol. The summed E-state index contributed by atoms with van der Waals surface area (Å²) in [5.41, 5.74) is 2.90. The molecule has 3 aromatic rings. The molecule has 0 saturated carbocycles. The molecule has 8 nitrogen and oxygen atoms in total. The summed E-state index contributed by atoms with van der Waals surface area (Å²) in [6.45, 7) is 6.23. The number of hydrogen-bond acceptors (Lipinski definition) is 5. The zero-order valence-electron chi connectivity index (χ0n) is 13.6. The van der Waals surface area contributed by atoms with Crippen LogP contribution in [0.3, 0.4) is 0 Å². The topological polar surface area (TPSA) is 90.0 Å². The van der Waals surface area contributed by atoms with Crippen molar-refractivity contribution in [1.29, 1.82) is 0 Å². The van der Waals surface area contributed by atoms with Crippen LogP contribution in [0.2, 0.25) is 0 Å². The largest absolute Gasteiger partial charge is 0.351 e. The zero-order valence-corrected chi connectivity index (χ0v) is 13.6. The molecule has 23 heavy (non-hydrogen) atoms. The number of aryl methyl sites for hydroxylation is 3. The monoisotopic (exact) mass is 313 g/mol. The van der Waals surface area contributed by atoms with Gasteiger partial charge >= 0.3 is 0 Å². The van der Waals surface area contributed by atoms with Crippen molar-refractivity contribution in [3.8, 4) is 0 Å². The van der Waals surface area contributed by atoms with Gasteiger partial charge in [0.05, 0.1) is 17.0 Å². The molecule has 0 radical (unpaired) electrons. The molecule has 0 fully saturated rings. The van der Waals surface area contributed by atoms with Crippen molar-refractivity contribution in [3.05, 3.63) is 41.4 Å². The third kappa shape index (κ3) is 2.79. The summed E-state index contributed by atoms with van der Waals surface area (Å²) in [5, 5.41) is 15.2. The van der Waals surface area contributed by atoms with E-state index in [-0.39, 0.29) is 11.8 Å². The molecule has 3 heterocycles. The Morgan fingerprint density at radius 1 is 1.39 bits per heavy atom. The number of nitrogens with zero attached hydrogens (tertiary/aromatic N) is 6. The maximum atomic E-state index is 12.4. The molecule has 0 aliphatic carbocycles. The first kappa shape index (κ1) is 15.1. The van der Waals surface area contributed by atoms with Gasteiger partial charge in [0.15, 0.2) is 5.65 Å². The standard InChI is InChI=1S/C15H19N7O/c1-9(14-19-18-8-21(14)4)6-17-15(23)12-7-16-13-5-10(2)20-22(13)11(12)3/h5,7-9H,6H2,1-4H3,(H,17,23). The van der Waals surface area contributed by atoms with Crippen molar-refractivity contribution in [2.45, 2.75) is 26.7 Å². The van der Waals surface area contributed by atoms with Crippen LogP contribution in [0.5, 0.6) is 0 Å². The van der Waals surface area contributed by atoms with Crippen LogP contribution in [0.4, 0.5) is 0 Å². The first-order chi connectivity index (χ1) is 11.0. The average molecular weight is 313 g/mol. The highest BCUT2D eigenvalue weighted by Gasteiger charge is 2.16. The van der Waals surface area contributed by atoms with Gasteiger partial charge in [-0.15, -0.1) is 10.2 Å². The Hall–Kier alpha value is -2.77. The van der Waals surface area contributed by atoms with Gasteiger partial charge in [0.25, 0.3) is 5.91 Å². The van der Waals surface area contributed by atoms with Crippen molar-refractivity contribution in [1.82, 2.24) is 34.7 Å². The van der Waals surface area contributed by atoms with Gasteiger partial charge in [-0.3, -0.25) is 4.79 Å². The number of nitrogens with one attached hydrogen (secondary N) is 1. The van der Waals surface area contributed by atoms with E-state index in [1.54, 1.807) is 17.0 Å². The molecule has 0 bridgehead atoms. The molecule has 1 amide bonds. The quantitative estimate of drug-likeness (QED) is 0.776. The van der Waals surface area contributed by atoms with E-state index < -0.39 is 0 Å². The second-order valence-electron chi connectivity index (χ2n) is 5.72. The number of rotatable bonds is 4. The fourth-order valence-corrected chi connectivity index (χ4v) is 2.56. The van der Waals surface area contributed by atoms with Crippen LogP contribution in [0.1, 0.15) is 40.4 Å². The van der Waals surface area contributed by atoms with Crippen LogP contribution in [-0.4, -0.2) is 41.8 Å². The second kappa shape index (κ2) is 5.79. The van der Waals surface area contributed by atoms with Crippen LogP contribution in [0.15, 0.2) is 18.6 Å². The number of amides is 1. The summed E-state index contributed by atoms with van der Waals surface area (Å²) in [5.74, 6) is 0.729. The molecule has 1 atom stereocenters. The summed E-state index contributed by atoms with van der Waals surface area (Å²) >= 11 is 0. The van der Waals surface area contributed by atoms with E-state index in [1.165, 1.54) is 0 Å². The SMILES string of the molecule is Cc1cc2ncc(C(=O)NCC(C)c3nncn3C)c(C)n2n1. The highest BCUT2D eigenvalue weighted by atomic mass is 16.1. The summed E-state index contributed by atoms with van der Waals surface area (Å²) in [4.78, 5) is 16.7. The van der Waals surface area contributed by atoms with Crippen LogP contribution < -0.4 is 5.32 Å². The molecular weight excluding hydrogens is 294 g/mol. The van der Waals surface area contributed by atoms with Crippen molar-refractivity contribution in [2.75, 3.05) is 6.54 Å². The third-order valence-corrected chi connectivity index (χ3v) is 3.85. The molecule has 3 rings (SSSR count). The van der Waals surface area contributed by atoms with Crippen LogP contribution in [0, 0.1) is 13.8 Å². The molecule has 0 spiro atoms. The lowest BCUT2D eigenvalue weighted by molar-refractivity contribution is 0.0949. The average Bonchev–Trinajstić information content (AvgIpc) is 3.10. The van der Waals surface area contributed by atoms with Crippen LogP contribution in [0.25, 0.3) is 5.65 Å². The van der Waals surface area contributed by atoms with Crippen molar-refractivity contribution in [3.63, 3.8) is 0 Å². The lowest BCUT2D eigenvalue weighted by atomic mass is 10.1. The Balaban J connectivity index is 1.76. The van der Waals surface area contributed by atoms with E-state index in [2.05, 4.69) is 25.6 Å². The molecule has 3 aromatic heterocycles. The maximum Gasteiger partial charge on any atom is 0.254 e. The Morgan fingerprint density at radius 3 is 2.87 bits per heavy atom. The van der Waals surface area contributed by atoms with Crippen LogP contribution in [-0.2, 0) is 7.05 Å². The van der Waals surface area contributed by atoms with E-state index in [4.69, 9.17) is 0 Å². The normalized spacial score (nSPS) is 12.5. The minimum Gasteiger partial charge on any atom is -0.351 e. The minimum atomic E-state index is -0.168. The molecule has 8 heteroatoms. The van der Waals surface area contributed by atoms with E-state index >= 15 is 0 Å². The van der Waals surface area contributed by atoms with Gasteiger partial charge in [0.2, 0.25) is 0 Å². The van der Waals surface area contributed by atoms with E-state index in [9.17, 15) is 4.79 Å².